The highest BCUT2D eigenvalue weighted by atomic mass is 19.3. The first-order chi connectivity index (χ1) is 15.6. The molecule has 0 unspecified atom stereocenters. The lowest BCUT2D eigenvalue weighted by Gasteiger charge is -2.37. The minimum Gasteiger partial charge on any atom is -0.459 e. The van der Waals surface area contributed by atoms with E-state index in [9.17, 15) is 14.0 Å². The zero-order valence-electron chi connectivity index (χ0n) is 17.3. The van der Waals surface area contributed by atoms with E-state index < -0.39 is 6.55 Å². The van der Waals surface area contributed by atoms with Crippen LogP contribution in [0.5, 0.6) is 0 Å². The van der Waals surface area contributed by atoms with Crippen molar-refractivity contribution in [2.24, 2.45) is 0 Å². The predicted octanol–water partition coefficient (Wildman–Crippen LogP) is 4.43. The fourth-order valence-corrected chi connectivity index (χ4v) is 4.14. The van der Waals surface area contributed by atoms with Gasteiger partial charge in [0.05, 0.1) is 23.3 Å². The third-order valence-electron chi connectivity index (χ3n) is 5.79. The number of hydrogen-bond donors (Lipinski definition) is 0. The van der Waals surface area contributed by atoms with Crippen molar-refractivity contribution in [1.82, 2.24) is 19.4 Å². The highest BCUT2D eigenvalue weighted by Crippen LogP contribution is 2.32. The van der Waals surface area contributed by atoms with Crippen molar-refractivity contribution < 1.29 is 17.6 Å². The predicted molar refractivity (Wildman–Crippen MR) is 112 cm³/mol. The number of halogens is 2. The van der Waals surface area contributed by atoms with Gasteiger partial charge in [0, 0.05) is 26.2 Å². The summed E-state index contributed by atoms with van der Waals surface area (Å²) in [4.78, 5) is 12.8. The van der Waals surface area contributed by atoms with Crippen LogP contribution in [-0.2, 0) is 0 Å². The van der Waals surface area contributed by atoms with Crippen LogP contribution in [0.15, 0.2) is 51.5 Å². The Hall–Kier alpha value is -3.71. The molecule has 0 amide bonds. The summed E-state index contributed by atoms with van der Waals surface area (Å²) in [5.41, 5.74) is 1.17. The number of nitrogens with zero attached hydrogens (tertiary/aromatic N) is 6. The van der Waals surface area contributed by atoms with Gasteiger partial charge in [-0.1, -0.05) is 12.1 Å². The average Bonchev–Trinajstić information content (AvgIpc) is 3.56. The Bertz CT molecular complexity index is 1270. The van der Waals surface area contributed by atoms with E-state index in [-0.39, 0.29) is 17.6 Å². The van der Waals surface area contributed by atoms with E-state index in [4.69, 9.17) is 8.83 Å². The van der Waals surface area contributed by atoms with Gasteiger partial charge in [0.15, 0.2) is 5.76 Å². The van der Waals surface area contributed by atoms with Gasteiger partial charge in [0.25, 0.3) is 5.89 Å². The van der Waals surface area contributed by atoms with Crippen LogP contribution in [0, 0.1) is 11.3 Å². The Kier molecular flexibility index (Phi) is 5.11. The number of para-hydroxylation sites is 2. The molecule has 1 aliphatic heterocycles. The number of imidazole rings is 1. The fourth-order valence-electron chi connectivity index (χ4n) is 4.14. The molecule has 0 bridgehead atoms. The second-order valence-electron chi connectivity index (χ2n) is 7.57. The lowest BCUT2D eigenvalue weighted by Crippen LogP contribution is -2.47. The molecule has 32 heavy (non-hydrogen) atoms. The minimum absolute atomic E-state index is 0.192. The number of alkyl halides is 2. The lowest BCUT2D eigenvalue weighted by atomic mass is 10.2. The van der Waals surface area contributed by atoms with Crippen LogP contribution in [0.3, 0.4) is 0 Å². The first-order valence-electron chi connectivity index (χ1n) is 10.3. The third kappa shape index (κ3) is 3.40. The number of hydrogen-bond acceptors (Lipinski definition) is 7. The van der Waals surface area contributed by atoms with E-state index >= 15 is 0 Å². The Labute approximate surface area is 182 Å². The molecule has 3 aromatic heterocycles. The Morgan fingerprint density at radius 2 is 1.84 bits per heavy atom. The number of oxazole rings is 1. The largest absolute Gasteiger partial charge is 0.459 e. The van der Waals surface area contributed by atoms with Crippen LogP contribution in [0.25, 0.3) is 22.7 Å². The van der Waals surface area contributed by atoms with Gasteiger partial charge in [0.1, 0.15) is 11.9 Å². The minimum atomic E-state index is -2.67. The maximum Gasteiger partial charge on any atom is 0.320 e. The molecule has 4 heterocycles. The highest BCUT2D eigenvalue weighted by molar-refractivity contribution is 5.76. The van der Waals surface area contributed by atoms with Crippen molar-refractivity contribution in [3.63, 3.8) is 0 Å². The van der Waals surface area contributed by atoms with E-state index in [1.54, 1.807) is 36.4 Å². The van der Waals surface area contributed by atoms with Gasteiger partial charge in [-0.15, -0.1) is 0 Å². The van der Waals surface area contributed by atoms with Gasteiger partial charge in [0.2, 0.25) is 11.6 Å². The molecule has 0 N–H and O–H groups in total. The summed E-state index contributed by atoms with van der Waals surface area (Å²) in [6, 6.07) is 12.1. The highest BCUT2D eigenvalue weighted by Gasteiger charge is 2.30. The molecule has 1 atom stereocenters. The SMILES string of the molecule is C[C@H](c1nc2ccccc2n1C(F)F)N1CCN(c2oc(-c3ccco3)nc2C#N)CC1. The molecule has 8 nitrogen and oxygen atoms in total. The number of fused-ring (bicyclic) bond motifs is 1. The van der Waals surface area contributed by atoms with Crippen molar-refractivity contribution >= 4 is 16.9 Å². The van der Waals surface area contributed by atoms with Gasteiger partial charge in [-0.25, -0.2) is 4.98 Å². The second-order valence-corrected chi connectivity index (χ2v) is 7.57. The van der Waals surface area contributed by atoms with Crippen LogP contribution < -0.4 is 4.90 Å². The van der Waals surface area contributed by atoms with Crippen molar-refractivity contribution in [3.05, 3.63) is 54.2 Å². The van der Waals surface area contributed by atoms with Crippen LogP contribution in [-0.4, -0.2) is 45.6 Å². The standard InChI is InChI=1S/C22H20F2N6O2/c1-14(19-26-15-5-2-3-6-17(15)30(19)22(23)24)28-8-10-29(11-9-28)21-16(13-25)27-20(32-21)18-7-4-12-31-18/h2-7,12,14,22H,8-11H2,1H3/t14-/m1/s1. The molecule has 0 saturated carbocycles. The molecule has 1 aromatic carbocycles. The van der Waals surface area contributed by atoms with E-state index in [1.165, 1.54) is 6.26 Å². The summed E-state index contributed by atoms with van der Waals surface area (Å²) >= 11 is 0. The van der Waals surface area contributed by atoms with Crippen molar-refractivity contribution in [1.29, 1.82) is 5.26 Å². The fraction of sp³-hybridized carbons (Fsp3) is 0.318. The zero-order chi connectivity index (χ0) is 22.2. The molecule has 1 aliphatic rings. The van der Waals surface area contributed by atoms with Crippen molar-refractivity contribution in [2.45, 2.75) is 19.5 Å². The first-order valence-corrected chi connectivity index (χ1v) is 10.3. The molecule has 0 radical (unpaired) electrons. The van der Waals surface area contributed by atoms with Crippen LogP contribution in [0.1, 0.15) is 31.0 Å². The summed E-state index contributed by atoms with van der Waals surface area (Å²) in [6.07, 6.45) is 1.51. The number of nitriles is 1. The maximum absolute atomic E-state index is 13.8. The normalized spacial score (nSPS) is 16.0. The third-order valence-corrected chi connectivity index (χ3v) is 5.79. The van der Waals surface area contributed by atoms with E-state index in [2.05, 4.69) is 20.9 Å². The Balaban J connectivity index is 1.35. The maximum atomic E-state index is 13.8. The molecule has 1 fully saturated rings. The monoisotopic (exact) mass is 438 g/mol. The molecular formula is C22H20F2N6O2. The van der Waals surface area contributed by atoms with Crippen molar-refractivity contribution in [3.8, 4) is 17.7 Å². The number of furan rings is 1. The second kappa shape index (κ2) is 8.09. The van der Waals surface area contributed by atoms with Crippen LogP contribution in [0.4, 0.5) is 14.7 Å². The summed E-state index contributed by atoms with van der Waals surface area (Å²) in [5.74, 6) is 1.44. The van der Waals surface area contributed by atoms with Gasteiger partial charge in [-0.3, -0.25) is 9.47 Å². The molecule has 5 rings (SSSR count). The summed E-state index contributed by atoms with van der Waals surface area (Å²) in [7, 11) is 0. The smallest absolute Gasteiger partial charge is 0.320 e. The molecule has 10 heteroatoms. The first kappa shape index (κ1) is 20.2. The summed E-state index contributed by atoms with van der Waals surface area (Å²) < 4.78 is 39.8. The van der Waals surface area contributed by atoms with Crippen LogP contribution in [0.2, 0.25) is 0 Å². The zero-order valence-corrected chi connectivity index (χ0v) is 17.3. The molecule has 4 aromatic rings. The van der Waals surface area contributed by atoms with Crippen LogP contribution >= 0.6 is 0 Å². The van der Waals surface area contributed by atoms with E-state index in [0.717, 1.165) is 4.57 Å². The van der Waals surface area contributed by atoms with Gasteiger partial charge < -0.3 is 13.7 Å². The number of rotatable bonds is 5. The summed E-state index contributed by atoms with van der Waals surface area (Å²) in [6.45, 7) is 1.51. The molecule has 0 spiro atoms. The van der Waals surface area contributed by atoms with Gasteiger partial charge in [-0.2, -0.15) is 19.0 Å². The number of benzene rings is 1. The van der Waals surface area contributed by atoms with Crippen molar-refractivity contribution in [2.75, 3.05) is 31.1 Å². The topological polar surface area (TPSA) is 87.3 Å². The molecule has 164 valence electrons. The number of piperazine rings is 1. The number of anilines is 1. The average molecular weight is 438 g/mol. The molecular weight excluding hydrogens is 418 g/mol. The summed E-state index contributed by atoms with van der Waals surface area (Å²) in [5, 5.41) is 9.48. The quantitative estimate of drug-likeness (QED) is 0.455. The van der Waals surface area contributed by atoms with E-state index in [0.29, 0.717) is 54.7 Å². The lowest BCUT2D eigenvalue weighted by molar-refractivity contribution is 0.0640. The molecule has 1 saturated heterocycles. The Morgan fingerprint density at radius 1 is 1.06 bits per heavy atom. The molecule has 0 aliphatic carbocycles. The Morgan fingerprint density at radius 3 is 2.53 bits per heavy atom. The number of aromatic nitrogens is 3. The van der Waals surface area contributed by atoms with Gasteiger partial charge in [-0.05, 0) is 31.2 Å². The van der Waals surface area contributed by atoms with E-state index in [1.807, 2.05) is 11.8 Å². The van der Waals surface area contributed by atoms with Gasteiger partial charge >= 0.3 is 6.55 Å².